The Morgan fingerprint density at radius 2 is 2.06 bits per heavy atom. The summed E-state index contributed by atoms with van der Waals surface area (Å²) < 4.78 is 27.2. The molecule has 0 spiro atoms. The minimum absolute atomic E-state index is 0.387. The zero-order chi connectivity index (χ0) is 13.1. The van der Waals surface area contributed by atoms with Crippen LogP contribution >= 0.6 is 11.3 Å². The smallest absolute Gasteiger partial charge is 0.242 e. The van der Waals surface area contributed by atoms with Crippen molar-refractivity contribution >= 4 is 21.4 Å². The van der Waals surface area contributed by atoms with Gasteiger partial charge in [0.05, 0.1) is 4.90 Å². The summed E-state index contributed by atoms with van der Waals surface area (Å²) in [4.78, 5) is 1.23. The highest BCUT2D eigenvalue weighted by molar-refractivity contribution is 7.89. The van der Waals surface area contributed by atoms with E-state index in [0.717, 1.165) is 11.3 Å². The lowest BCUT2D eigenvalue weighted by Gasteiger charge is -2.24. The highest BCUT2D eigenvalue weighted by atomic mass is 32.2. The van der Waals surface area contributed by atoms with Crippen LogP contribution in [0, 0.1) is 0 Å². The molecule has 0 unspecified atom stereocenters. The van der Waals surface area contributed by atoms with Crippen molar-refractivity contribution in [3.05, 3.63) is 16.3 Å². The second kappa shape index (κ2) is 5.48. The van der Waals surface area contributed by atoms with Crippen LogP contribution in [0.15, 0.2) is 16.3 Å². The van der Waals surface area contributed by atoms with Gasteiger partial charge < -0.3 is 5.32 Å². The van der Waals surface area contributed by atoms with E-state index in [2.05, 4.69) is 10.0 Å². The van der Waals surface area contributed by atoms with Crippen LogP contribution in [0.4, 0.5) is 0 Å². The molecule has 1 heterocycles. The van der Waals surface area contributed by atoms with Crippen molar-refractivity contribution < 1.29 is 8.42 Å². The van der Waals surface area contributed by atoms with Gasteiger partial charge >= 0.3 is 0 Å². The predicted molar refractivity (Wildman–Crippen MR) is 71.8 cm³/mol. The lowest BCUT2D eigenvalue weighted by atomic mass is 10.0. The first kappa shape index (κ1) is 14.6. The van der Waals surface area contributed by atoms with E-state index in [1.807, 2.05) is 20.8 Å². The van der Waals surface area contributed by atoms with E-state index in [-0.39, 0.29) is 0 Å². The highest BCUT2D eigenvalue weighted by Gasteiger charge is 2.26. The van der Waals surface area contributed by atoms with E-state index in [1.165, 1.54) is 11.3 Å². The van der Waals surface area contributed by atoms with Gasteiger partial charge in [0.1, 0.15) is 0 Å². The van der Waals surface area contributed by atoms with Crippen molar-refractivity contribution in [3.63, 3.8) is 0 Å². The topological polar surface area (TPSA) is 58.2 Å². The van der Waals surface area contributed by atoms with E-state index in [4.69, 9.17) is 0 Å². The molecule has 0 bridgehead atoms. The quantitative estimate of drug-likeness (QED) is 0.835. The summed E-state index contributed by atoms with van der Waals surface area (Å²) in [6.07, 6.45) is 0.748. The van der Waals surface area contributed by atoms with Crippen molar-refractivity contribution in [2.24, 2.45) is 0 Å². The lowest BCUT2D eigenvalue weighted by molar-refractivity contribution is 0.439. The second-order valence-corrected chi connectivity index (χ2v) is 7.23. The third-order valence-corrected chi connectivity index (χ3v) is 5.46. The molecule has 1 rings (SSSR count). The van der Waals surface area contributed by atoms with E-state index in [9.17, 15) is 8.42 Å². The standard InChI is InChI=1S/C11H20N2O2S2/c1-5-11(2,3)13-17(14,15)10-6-7-16-9(10)8-12-4/h6-7,12-13H,5,8H2,1-4H3. The molecule has 0 radical (unpaired) electrons. The maximum atomic E-state index is 12.2. The molecule has 0 saturated carbocycles. The Morgan fingerprint density at radius 3 is 2.59 bits per heavy atom. The van der Waals surface area contributed by atoms with E-state index in [0.29, 0.717) is 11.4 Å². The third kappa shape index (κ3) is 3.77. The molecule has 1 aromatic rings. The molecular formula is C11H20N2O2S2. The Kier molecular flexibility index (Phi) is 4.71. The van der Waals surface area contributed by atoms with Crippen LogP contribution in [-0.2, 0) is 16.6 Å². The molecule has 4 nitrogen and oxygen atoms in total. The summed E-state index contributed by atoms with van der Waals surface area (Å²) >= 11 is 1.45. The fraction of sp³-hybridized carbons (Fsp3) is 0.636. The van der Waals surface area contributed by atoms with Gasteiger partial charge in [0, 0.05) is 17.0 Å². The molecule has 0 aliphatic rings. The molecule has 17 heavy (non-hydrogen) atoms. The average Bonchev–Trinajstić information content (AvgIpc) is 2.66. The van der Waals surface area contributed by atoms with Gasteiger partial charge in [-0.25, -0.2) is 13.1 Å². The van der Waals surface area contributed by atoms with E-state index in [1.54, 1.807) is 18.5 Å². The molecule has 0 fully saturated rings. The Bertz CT molecular complexity index is 464. The van der Waals surface area contributed by atoms with Crippen LogP contribution in [0.3, 0.4) is 0 Å². The molecule has 0 saturated heterocycles. The zero-order valence-corrected chi connectivity index (χ0v) is 12.3. The molecular weight excluding hydrogens is 256 g/mol. The lowest BCUT2D eigenvalue weighted by Crippen LogP contribution is -2.42. The largest absolute Gasteiger partial charge is 0.315 e. The second-order valence-electron chi connectivity index (χ2n) is 4.58. The van der Waals surface area contributed by atoms with Gasteiger partial charge in [0.25, 0.3) is 0 Å². The van der Waals surface area contributed by atoms with Gasteiger partial charge in [-0.15, -0.1) is 11.3 Å². The van der Waals surface area contributed by atoms with Crippen LogP contribution in [0.25, 0.3) is 0 Å². The maximum absolute atomic E-state index is 12.2. The fourth-order valence-electron chi connectivity index (χ4n) is 1.35. The monoisotopic (exact) mass is 276 g/mol. The van der Waals surface area contributed by atoms with Crippen molar-refractivity contribution in [3.8, 4) is 0 Å². The fourth-order valence-corrected chi connectivity index (χ4v) is 4.29. The number of nitrogens with one attached hydrogen (secondary N) is 2. The molecule has 0 aromatic carbocycles. The van der Waals surface area contributed by atoms with Gasteiger partial charge in [-0.2, -0.15) is 0 Å². The first-order valence-corrected chi connectivity index (χ1v) is 7.93. The van der Waals surface area contributed by atoms with Gasteiger partial charge in [0.2, 0.25) is 10.0 Å². The van der Waals surface area contributed by atoms with Crippen LogP contribution < -0.4 is 10.0 Å². The Morgan fingerprint density at radius 1 is 1.41 bits per heavy atom. The Labute approximate surface area is 107 Å². The molecule has 0 aliphatic heterocycles. The van der Waals surface area contributed by atoms with E-state index < -0.39 is 15.6 Å². The molecule has 0 aliphatic carbocycles. The third-order valence-electron chi connectivity index (χ3n) is 2.63. The summed E-state index contributed by atoms with van der Waals surface area (Å²) in [6, 6.07) is 1.66. The summed E-state index contributed by atoms with van der Waals surface area (Å²) in [7, 11) is -1.61. The first-order chi connectivity index (χ1) is 7.82. The normalized spacial score (nSPS) is 12.9. The maximum Gasteiger partial charge on any atom is 0.242 e. The summed E-state index contributed by atoms with van der Waals surface area (Å²) in [5, 5.41) is 4.78. The van der Waals surface area contributed by atoms with Crippen molar-refractivity contribution in [1.29, 1.82) is 0 Å². The summed E-state index contributed by atoms with van der Waals surface area (Å²) in [5.74, 6) is 0. The molecule has 2 N–H and O–H groups in total. The Hall–Kier alpha value is -0.430. The predicted octanol–water partition coefficient (Wildman–Crippen LogP) is 1.93. The Balaban J connectivity index is 3.01. The van der Waals surface area contributed by atoms with Gasteiger partial charge in [-0.05, 0) is 38.8 Å². The van der Waals surface area contributed by atoms with E-state index >= 15 is 0 Å². The van der Waals surface area contributed by atoms with Crippen molar-refractivity contribution in [2.75, 3.05) is 7.05 Å². The average molecular weight is 276 g/mol. The summed E-state index contributed by atoms with van der Waals surface area (Å²) in [5.41, 5.74) is -0.419. The number of rotatable bonds is 6. The van der Waals surface area contributed by atoms with Crippen LogP contribution in [0.2, 0.25) is 0 Å². The minimum Gasteiger partial charge on any atom is -0.315 e. The number of hydrogen-bond acceptors (Lipinski definition) is 4. The SMILES string of the molecule is CCC(C)(C)NS(=O)(=O)c1ccsc1CNC. The number of thiophene rings is 1. The zero-order valence-electron chi connectivity index (χ0n) is 10.7. The van der Waals surface area contributed by atoms with Crippen LogP contribution in [0.1, 0.15) is 32.1 Å². The van der Waals surface area contributed by atoms with Crippen LogP contribution in [0.5, 0.6) is 0 Å². The van der Waals surface area contributed by atoms with Crippen LogP contribution in [-0.4, -0.2) is 21.0 Å². The van der Waals surface area contributed by atoms with Gasteiger partial charge in [-0.3, -0.25) is 0 Å². The molecule has 1 aromatic heterocycles. The van der Waals surface area contributed by atoms with Gasteiger partial charge in [0.15, 0.2) is 0 Å². The number of hydrogen-bond donors (Lipinski definition) is 2. The van der Waals surface area contributed by atoms with Gasteiger partial charge in [-0.1, -0.05) is 6.92 Å². The number of sulfonamides is 1. The molecule has 6 heteroatoms. The molecule has 0 amide bonds. The van der Waals surface area contributed by atoms with Crippen molar-refractivity contribution in [2.45, 2.75) is 44.2 Å². The highest BCUT2D eigenvalue weighted by Crippen LogP contribution is 2.23. The minimum atomic E-state index is -3.42. The molecule has 98 valence electrons. The molecule has 0 atom stereocenters. The summed E-state index contributed by atoms with van der Waals surface area (Å²) in [6.45, 7) is 6.30. The van der Waals surface area contributed by atoms with Crippen molar-refractivity contribution in [1.82, 2.24) is 10.0 Å². The first-order valence-electron chi connectivity index (χ1n) is 5.57.